The zero-order valence-electron chi connectivity index (χ0n) is 9.66. The van der Waals surface area contributed by atoms with Crippen LogP contribution in [0.15, 0.2) is 0 Å². The Morgan fingerprint density at radius 1 is 1.40 bits per heavy atom. The molecule has 0 aliphatic rings. The van der Waals surface area contributed by atoms with Gasteiger partial charge in [0.15, 0.2) is 0 Å². The molecule has 0 aliphatic heterocycles. The van der Waals surface area contributed by atoms with Crippen LogP contribution < -0.4 is 5.48 Å². The smallest absolute Gasteiger partial charge is 0.303 e. The predicted molar refractivity (Wildman–Crippen MR) is 55.3 cm³/mol. The monoisotopic (exact) mass is 217 g/mol. The first-order valence-electron chi connectivity index (χ1n) is 4.88. The number of rotatable bonds is 6. The topological polar surface area (TPSA) is 75.6 Å². The summed E-state index contributed by atoms with van der Waals surface area (Å²) in [6, 6.07) is -0.555. The Labute approximate surface area is 89.8 Å². The van der Waals surface area contributed by atoms with E-state index in [9.17, 15) is 9.59 Å². The maximum Gasteiger partial charge on any atom is 0.303 e. The second kappa shape index (κ2) is 5.82. The molecular formula is C10H19NO4. The molecule has 88 valence electrons. The highest BCUT2D eigenvalue weighted by Crippen LogP contribution is 2.07. The van der Waals surface area contributed by atoms with Gasteiger partial charge in [0.05, 0.1) is 11.6 Å². The van der Waals surface area contributed by atoms with Crippen LogP contribution >= 0.6 is 0 Å². The summed E-state index contributed by atoms with van der Waals surface area (Å²) >= 11 is 0. The average molecular weight is 217 g/mol. The van der Waals surface area contributed by atoms with Crippen LogP contribution in [0.1, 0.15) is 40.5 Å². The molecule has 0 rings (SSSR count). The van der Waals surface area contributed by atoms with Crippen molar-refractivity contribution >= 4 is 11.8 Å². The van der Waals surface area contributed by atoms with Crippen molar-refractivity contribution in [2.45, 2.75) is 52.2 Å². The van der Waals surface area contributed by atoms with E-state index in [1.165, 1.54) is 6.92 Å². The normalized spacial score (nSPS) is 13.6. The molecule has 5 nitrogen and oxygen atoms in total. The summed E-state index contributed by atoms with van der Waals surface area (Å²) in [4.78, 5) is 26.7. The second-order valence-electron chi connectivity index (χ2n) is 4.43. The lowest BCUT2D eigenvalue weighted by molar-refractivity contribution is -0.138. The Bertz CT molecular complexity index is 232. The number of hydrogen-bond donors (Lipinski definition) is 2. The Balaban J connectivity index is 4.06. The van der Waals surface area contributed by atoms with Gasteiger partial charge in [-0.15, -0.1) is 0 Å². The minimum Gasteiger partial charge on any atom is -0.481 e. The fourth-order valence-corrected chi connectivity index (χ4v) is 0.861. The van der Waals surface area contributed by atoms with E-state index in [2.05, 4.69) is 5.48 Å². The summed E-state index contributed by atoms with van der Waals surface area (Å²) in [5.41, 5.74) is 2.20. The van der Waals surface area contributed by atoms with Crippen LogP contribution in [0.4, 0.5) is 0 Å². The Hall–Kier alpha value is -0.940. The number of carboxylic acid groups (broad SMARTS) is 1. The first kappa shape index (κ1) is 14.1. The van der Waals surface area contributed by atoms with Gasteiger partial charge in [-0.05, 0) is 34.1 Å². The summed E-state index contributed by atoms with van der Waals surface area (Å²) in [7, 11) is 0. The van der Waals surface area contributed by atoms with Gasteiger partial charge < -0.3 is 5.11 Å². The minimum atomic E-state index is -0.918. The maximum atomic E-state index is 11.1. The summed E-state index contributed by atoms with van der Waals surface area (Å²) < 4.78 is 0. The molecule has 0 saturated heterocycles. The third kappa shape index (κ3) is 8.08. The Morgan fingerprint density at radius 2 is 1.93 bits per heavy atom. The van der Waals surface area contributed by atoms with Crippen molar-refractivity contribution in [3.63, 3.8) is 0 Å². The SMILES string of the molecule is CC(=O)[C@H](CCC(=O)O)NOC(C)(C)C. The van der Waals surface area contributed by atoms with Crippen LogP contribution in [0.2, 0.25) is 0 Å². The van der Waals surface area contributed by atoms with E-state index < -0.39 is 17.6 Å². The molecule has 0 spiro atoms. The van der Waals surface area contributed by atoms with Crippen molar-refractivity contribution in [3.05, 3.63) is 0 Å². The molecule has 0 aromatic heterocycles. The molecule has 0 aromatic rings. The second-order valence-corrected chi connectivity index (χ2v) is 4.43. The van der Waals surface area contributed by atoms with E-state index in [0.29, 0.717) is 0 Å². The molecule has 0 aromatic carbocycles. The molecule has 2 N–H and O–H groups in total. The minimum absolute atomic E-state index is 0.0508. The van der Waals surface area contributed by atoms with Gasteiger partial charge in [0.1, 0.15) is 5.78 Å². The van der Waals surface area contributed by atoms with E-state index >= 15 is 0 Å². The summed E-state index contributed by atoms with van der Waals surface area (Å²) in [6.07, 6.45) is 0.186. The highest BCUT2D eigenvalue weighted by atomic mass is 16.7. The standard InChI is InChI=1S/C10H19NO4/c1-7(12)8(5-6-9(13)14)11-15-10(2,3)4/h8,11H,5-6H2,1-4H3,(H,13,14)/t8-/m0/s1. The third-order valence-electron chi connectivity index (χ3n) is 1.64. The van der Waals surface area contributed by atoms with E-state index in [4.69, 9.17) is 9.94 Å². The molecule has 15 heavy (non-hydrogen) atoms. The number of aliphatic carboxylic acids is 1. The van der Waals surface area contributed by atoms with Crippen molar-refractivity contribution < 1.29 is 19.5 Å². The zero-order chi connectivity index (χ0) is 12.1. The molecule has 0 amide bonds. The van der Waals surface area contributed by atoms with Crippen molar-refractivity contribution in [2.75, 3.05) is 0 Å². The van der Waals surface area contributed by atoms with Crippen molar-refractivity contribution in [1.29, 1.82) is 0 Å². The number of carbonyl (C=O) groups is 2. The molecule has 0 heterocycles. The Morgan fingerprint density at radius 3 is 2.27 bits per heavy atom. The molecule has 0 fully saturated rings. The van der Waals surface area contributed by atoms with Crippen LogP contribution in [0.3, 0.4) is 0 Å². The van der Waals surface area contributed by atoms with Crippen molar-refractivity contribution in [2.24, 2.45) is 0 Å². The van der Waals surface area contributed by atoms with Crippen LogP contribution in [0.5, 0.6) is 0 Å². The number of Topliss-reactive ketones (excluding diaryl/α,β-unsaturated/α-hetero) is 1. The zero-order valence-corrected chi connectivity index (χ0v) is 9.66. The quantitative estimate of drug-likeness (QED) is 0.652. The fraction of sp³-hybridized carbons (Fsp3) is 0.800. The molecule has 0 unspecified atom stereocenters. The van der Waals surface area contributed by atoms with Gasteiger partial charge >= 0.3 is 5.97 Å². The number of nitrogens with one attached hydrogen (secondary N) is 1. The van der Waals surface area contributed by atoms with Crippen molar-refractivity contribution in [1.82, 2.24) is 5.48 Å². The highest BCUT2D eigenvalue weighted by Gasteiger charge is 2.19. The van der Waals surface area contributed by atoms with Gasteiger partial charge in [0, 0.05) is 6.42 Å². The van der Waals surface area contributed by atoms with Gasteiger partial charge in [-0.25, -0.2) is 0 Å². The highest BCUT2D eigenvalue weighted by molar-refractivity contribution is 5.81. The lowest BCUT2D eigenvalue weighted by Crippen LogP contribution is -2.40. The van der Waals surface area contributed by atoms with E-state index in [1.54, 1.807) is 0 Å². The number of carboxylic acids is 1. The number of hydroxylamine groups is 1. The van der Waals surface area contributed by atoms with Gasteiger partial charge in [0.25, 0.3) is 0 Å². The summed E-state index contributed by atoms with van der Waals surface area (Å²) in [6.45, 7) is 6.93. The van der Waals surface area contributed by atoms with E-state index in [1.807, 2.05) is 20.8 Å². The molecular weight excluding hydrogens is 198 g/mol. The van der Waals surface area contributed by atoms with Crippen LogP contribution in [0, 0.1) is 0 Å². The number of ketones is 1. The predicted octanol–water partition coefficient (Wildman–Crippen LogP) is 1.13. The first-order valence-corrected chi connectivity index (χ1v) is 4.88. The van der Waals surface area contributed by atoms with E-state index in [0.717, 1.165) is 0 Å². The van der Waals surface area contributed by atoms with Gasteiger partial charge in [-0.2, -0.15) is 5.48 Å². The van der Waals surface area contributed by atoms with Gasteiger partial charge in [-0.3, -0.25) is 14.4 Å². The summed E-state index contributed by atoms with van der Waals surface area (Å²) in [5.74, 6) is -1.04. The number of carbonyl (C=O) groups excluding carboxylic acids is 1. The van der Waals surface area contributed by atoms with Gasteiger partial charge in [0.2, 0.25) is 0 Å². The average Bonchev–Trinajstić information content (AvgIpc) is 2.00. The molecule has 5 heteroatoms. The van der Waals surface area contributed by atoms with Gasteiger partial charge in [-0.1, -0.05) is 0 Å². The maximum absolute atomic E-state index is 11.1. The summed E-state index contributed by atoms with van der Waals surface area (Å²) in [5, 5.41) is 8.49. The molecule has 0 radical (unpaired) electrons. The largest absolute Gasteiger partial charge is 0.481 e. The van der Waals surface area contributed by atoms with Crippen LogP contribution in [0.25, 0.3) is 0 Å². The van der Waals surface area contributed by atoms with Crippen molar-refractivity contribution in [3.8, 4) is 0 Å². The lowest BCUT2D eigenvalue weighted by Gasteiger charge is -2.23. The molecule has 0 saturated carbocycles. The van der Waals surface area contributed by atoms with E-state index in [-0.39, 0.29) is 18.6 Å². The Kier molecular flexibility index (Phi) is 5.46. The molecule has 0 bridgehead atoms. The van der Waals surface area contributed by atoms with Crippen LogP contribution in [-0.4, -0.2) is 28.5 Å². The number of hydrogen-bond acceptors (Lipinski definition) is 4. The lowest BCUT2D eigenvalue weighted by atomic mass is 10.1. The molecule has 0 aliphatic carbocycles. The third-order valence-corrected chi connectivity index (χ3v) is 1.64. The fourth-order valence-electron chi connectivity index (χ4n) is 0.861. The van der Waals surface area contributed by atoms with Crippen LogP contribution in [-0.2, 0) is 14.4 Å². The first-order chi connectivity index (χ1) is 6.72. The molecule has 1 atom stereocenters.